The minimum atomic E-state index is 0.620. The van der Waals surface area contributed by atoms with Crippen LogP contribution in [0.15, 0.2) is 24.3 Å². The minimum absolute atomic E-state index is 0.620. The molecule has 0 fully saturated rings. The smallest absolute Gasteiger partial charge is 0.0205 e. The lowest BCUT2D eigenvalue weighted by Gasteiger charge is -2.10. The summed E-state index contributed by atoms with van der Waals surface area (Å²) in [6.45, 7) is 11.0. The van der Waals surface area contributed by atoms with Crippen molar-refractivity contribution < 1.29 is 0 Å². The molecule has 1 nitrogen and oxygen atoms in total. The minimum Gasteiger partial charge on any atom is -0.312 e. The molecule has 1 N–H and O–H groups in total. The molecule has 0 spiro atoms. The van der Waals surface area contributed by atoms with E-state index in [4.69, 9.17) is 0 Å². The second-order valence-corrected chi connectivity index (χ2v) is 4.92. The Kier molecular flexibility index (Phi) is 4.83. The Hall–Kier alpha value is -0.820. The highest BCUT2D eigenvalue weighted by Crippen LogP contribution is 2.15. The van der Waals surface area contributed by atoms with E-state index in [1.165, 1.54) is 11.1 Å². The first kappa shape index (κ1) is 12.3. The highest BCUT2D eigenvalue weighted by molar-refractivity contribution is 5.25. The first-order valence-corrected chi connectivity index (χ1v) is 5.89. The standard InChI is InChI=1S/C14H23N/c1-11(2)9-15-10-13-6-5-7-14(8-13)12(3)4/h5-8,11-12,15H,9-10H2,1-4H3. The summed E-state index contributed by atoms with van der Waals surface area (Å²) in [4.78, 5) is 0. The highest BCUT2D eigenvalue weighted by atomic mass is 14.8. The Morgan fingerprint density at radius 2 is 1.87 bits per heavy atom. The van der Waals surface area contributed by atoms with Crippen molar-refractivity contribution in [3.05, 3.63) is 35.4 Å². The summed E-state index contributed by atoms with van der Waals surface area (Å²) in [6.07, 6.45) is 0. The van der Waals surface area contributed by atoms with Crippen LogP contribution in [0, 0.1) is 5.92 Å². The molecule has 0 heterocycles. The van der Waals surface area contributed by atoms with E-state index in [9.17, 15) is 0 Å². The maximum Gasteiger partial charge on any atom is 0.0205 e. The molecule has 0 amide bonds. The Labute approximate surface area is 93.9 Å². The molecule has 0 aliphatic rings. The van der Waals surface area contributed by atoms with Gasteiger partial charge in [-0.2, -0.15) is 0 Å². The van der Waals surface area contributed by atoms with E-state index in [0.29, 0.717) is 5.92 Å². The summed E-state index contributed by atoms with van der Waals surface area (Å²) in [7, 11) is 0. The normalized spacial score (nSPS) is 11.3. The highest BCUT2D eigenvalue weighted by Gasteiger charge is 2.00. The lowest BCUT2D eigenvalue weighted by Crippen LogP contribution is -2.18. The Bertz CT molecular complexity index is 289. The number of hydrogen-bond acceptors (Lipinski definition) is 1. The van der Waals surface area contributed by atoms with Crippen LogP contribution in [0.25, 0.3) is 0 Å². The van der Waals surface area contributed by atoms with Gasteiger partial charge in [0.1, 0.15) is 0 Å². The molecule has 0 bridgehead atoms. The molecule has 84 valence electrons. The van der Waals surface area contributed by atoms with Gasteiger partial charge in [0.25, 0.3) is 0 Å². The lowest BCUT2D eigenvalue weighted by atomic mass is 10.0. The van der Waals surface area contributed by atoms with Gasteiger partial charge in [-0.3, -0.25) is 0 Å². The van der Waals surface area contributed by atoms with Gasteiger partial charge in [-0.15, -0.1) is 0 Å². The van der Waals surface area contributed by atoms with E-state index in [1.807, 2.05) is 0 Å². The van der Waals surface area contributed by atoms with Crippen LogP contribution in [-0.2, 0) is 6.54 Å². The van der Waals surface area contributed by atoms with Gasteiger partial charge >= 0.3 is 0 Å². The van der Waals surface area contributed by atoms with Crippen molar-refractivity contribution in [3.8, 4) is 0 Å². The number of benzene rings is 1. The van der Waals surface area contributed by atoms with Crippen LogP contribution >= 0.6 is 0 Å². The third-order valence-electron chi connectivity index (χ3n) is 2.50. The fraction of sp³-hybridized carbons (Fsp3) is 0.571. The summed E-state index contributed by atoms with van der Waals surface area (Å²) in [5.74, 6) is 1.34. The molecule has 0 aromatic heterocycles. The van der Waals surface area contributed by atoms with Crippen molar-refractivity contribution in [2.24, 2.45) is 5.92 Å². The van der Waals surface area contributed by atoms with Gasteiger partial charge in [-0.25, -0.2) is 0 Å². The SMILES string of the molecule is CC(C)CNCc1cccc(C(C)C)c1. The summed E-state index contributed by atoms with van der Waals surface area (Å²) in [5.41, 5.74) is 2.82. The average molecular weight is 205 g/mol. The molecule has 1 aromatic rings. The maximum absolute atomic E-state index is 3.47. The van der Waals surface area contributed by atoms with Gasteiger partial charge in [0.05, 0.1) is 0 Å². The molecular formula is C14H23N. The summed E-state index contributed by atoms with van der Waals surface area (Å²) in [6, 6.07) is 8.86. The number of rotatable bonds is 5. The summed E-state index contributed by atoms with van der Waals surface area (Å²) >= 11 is 0. The average Bonchev–Trinajstić information content (AvgIpc) is 2.17. The molecule has 0 aliphatic heterocycles. The molecular weight excluding hydrogens is 182 g/mol. The maximum atomic E-state index is 3.47. The number of hydrogen-bond donors (Lipinski definition) is 1. The van der Waals surface area contributed by atoms with Crippen molar-refractivity contribution in [1.29, 1.82) is 0 Å². The zero-order valence-electron chi connectivity index (χ0n) is 10.4. The van der Waals surface area contributed by atoms with Crippen LogP contribution in [0.5, 0.6) is 0 Å². The van der Waals surface area contributed by atoms with Crippen LogP contribution in [0.1, 0.15) is 44.7 Å². The quantitative estimate of drug-likeness (QED) is 0.775. The van der Waals surface area contributed by atoms with E-state index in [1.54, 1.807) is 0 Å². The Morgan fingerprint density at radius 3 is 2.47 bits per heavy atom. The van der Waals surface area contributed by atoms with Crippen molar-refractivity contribution in [2.75, 3.05) is 6.54 Å². The van der Waals surface area contributed by atoms with Gasteiger partial charge in [-0.1, -0.05) is 52.0 Å². The molecule has 1 aromatic carbocycles. The first-order chi connectivity index (χ1) is 7.09. The molecule has 1 heteroatoms. The molecule has 0 radical (unpaired) electrons. The van der Waals surface area contributed by atoms with E-state index < -0.39 is 0 Å². The largest absolute Gasteiger partial charge is 0.312 e. The van der Waals surface area contributed by atoms with Crippen molar-refractivity contribution in [2.45, 2.75) is 40.2 Å². The molecule has 0 saturated carbocycles. The first-order valence-electron chi connectivity index (χ1n) is 5.89. The van der Waals surface area contributed by atoms with Crippen LogP contribution < -0.4 is 5.32 Å². The van der Waals surface area contributed by atoms with Crippen LogP contribution in [0.4, 0.5) is 0 Å². The zero-order valence-corrected chi connectivity index (χ0v) is 10.4. The van der Waals surface area contributed by atoms with Gasteiger partial charge in [-0.05, 0) is 29.5 Å². The van der Waals surface area contributed by atoms with E-state index in [-0.39, 0.29) is 0 Å². The molecule has 0 atom stereocenters. The van der Waals surface area contributed by atoms with Crippen LogP contribution in [0.2, 0.25) is 0 Å². The van der Waals surface area contributed by atoms with Gasteiger partial charge in [0, 0.05) is 6.54 Å². The predicted octanol–water partition coefficient (Wildman–Crippen LogP) is 3.56. The second-order valence-electron chi connectivity index (χ2n) is 4.92. The molecule has 0 unspecified atom stereocenters. The molecule has 15 heavy (non-hydrogen) atoms. The van der Waals surface area contributed by atoms with Crippen LogP contribution in [0.3, 0.4) is 0 Å². The van der Waals surface area contributed by atoms with Gasteiger partial charge in [0.15, 0.2) is 0 Å². The fourth-order valence-corrected chi connectivity index (χ4v) is 1.57. The molecule has 0 saturated heterocycles. The van der Waals surface area contributed by atoms with Gasteiger partial charge in [0.2, 0.25) is 0 Å². The summed E-state index contributed by atoms with van der Waals surface area (Å²) in [5, 5.41) is 3.47. The third kappa shape index (κ3) is 4.48. The lowest BCUT2D eigenvalue weighted by molar-refractivity contribution is 0.552. The monoisotopic (exact) mass is 205 g/mol. The van der Waals surface area contributed by atoms with Crippen molar-refractivity contribution in [3.63, 3.8) is 0 Å². The zero-order chi connectivity index (χ0) is 11.3. The van der Waals surface area contributed by atoms with E-state index in [0.717, 1.165) is 19.0 Å². The Balaban J connectivity index is 2.50. The fourth-order valence-electron chi connectivity index (χ4n) is 1.57. The van der Waals surface area contributed by atoms with E-state index >= 15 is 0 Å². The third-order valence-corrected chi connectivity index (χ3v) is 2.50. The molecule has 0 aliphatic carbocycles. The molecule has 1 rings (SSSR count). The van der Waals surface area contributed by atoms with Crippen molar-refractivity contribution >= 4 is 0 Å². The van der Waals surface area contributed by atoms with Gasteiger partial charge < -0.3 is 5.32 Å². The number of nitrogens with one attached hydrogen (secondary N) is 1. The van der Waals surface area contributed by atoms with Crippen molar-refractivity contribution in [1.82, 2.24) is 5.32 Å². The second kappa shape index (κ2) is 5.92. The van der Waals surface area contributed by atoms with E-state index in [2.05, 4.69) is 57.3 Å². The Morgan fingerprint density at radius 1 is 1.13 bits per heavy atom. The van der Waals surface area contributed by atoms with Crippen LogP contribution in [-0.4, -0.2) is 6.54 Å². The predicted molar refractivity (Wildman–Crippen MR) is 67.1 cm³/mol. The topological polar surface area (TPSA) is 12.0 Å². The summed E-state index contributed by atoms with van der Waals surface area (Å²) < 4.78 is 0.